The Hall–Kier alpha value is -2.63. The van der Waals surface area contributed by atoms with Gasteiger partial charge in [0.25, 0.3) is 0 Å². The maximum Gasteiger partial charge on any atom is 0.416 e. The van der Waals surface area contributed by atoms with Crippen molar-refractivity contribution >= 4 is 12.0 Å². The number of fused-ring (bicyclic) bond motifs is 2. The van der Waals surface area contributed by atoms with E-state index in [1.165, 1.54) is 25.7 Å². The first-order valence-corrected chi connectivity index (χ1v) is 12.8. The molecule has 1 saturated heterocycles. The molecule has 1 aliphatic heterocycles. The lowest BCUT2D eigenvalue weighted by Crippen LogP contribution is -2.42. The zero-order valence-corrected chi connectivity index (χ0v) is 20.0. The average molecular weight is 484 g/mol. The van der Waals surface area contributed by atoms with Gasteiger partial charge >= 0.3 is 12.1 Å². The van der Waals surface area contributed by atoms with Crippen LogP contribution in [0.15, 0.2) is 48.7 Å². The predicted molar refractivity (Wildman–Crippen MR) is 128 cm³/mol. The second-order valence-corrected chi connectivity index (χ2v) is 10.5. The lowest BCUT2D eigenvalue weighted by molar-refractivity contribution is -0.144. The quantitative estimate of drug-likeness (QED) is 0.434. The number of hydrogen-bond donors (Lipinski definition) is 0. The highest BCUT2D eigenvalue weighted by atomic mass is 19.4. The van der Waals surface area contributed by atoms with Crippen molar-refractivity contribution < 1.29 is 22.7 Å². The summed E-state index contributed by atoms with van der Waals surface area (Å²) >= 11 is 0. The van der Waals surface area contributed by atoms with E-state index in [-0.39, 0.29) is 23.9 Å². The number of carbonyl (C=O) groups excluding carboxylic acids is 1. The molecule has 0 bridgehead atoms. The third-order valence-corrected chi connectivity index (χ3v) is 8.40. The number of carbonyl (C=O) groups is 1. The standard InChI is InChI=1S/C29H32F3NO2/c1-18-27-25(24-5-3-2-4-21(24)16-26(27)28(34)35-18)15-14-23-13-10-20(17-33-23)7-6-19-8-11-22(12-9-19)29(30,31)32/h8-15,17-18,21,24-27H,2-7,16H2,1H3/t18-,21?,24?,25?,26?,27?/m0/s1. The van der Waals surface area contributed by atoms with Crippen molar-refractivity contribution in [3.63, 3.8) is 0 Å². The van der Waals surface area contributed by atoms with E-state index in [2.05, 4.69) is 17.1 Å². The molecule has 1 aromatic heterocycles. The summed E-state index contributed by atoms with van der Waals surface area (Å²) in [6.07, 6.45) is 9.20. The molecular formula is C29H32F3NO2. The highest BCUT2D eigenvalue weighted by molar-refractivity contribution is 5.75. The number of hydrogen-bond acceptors (Lipinski definition) is 3. The summed E-state index contributed by atoms with van der Waals surface area (Å²) in [6.45, 7) is 2.04. The SMILES string of the molecule is C[C@@H]1OC(=O)C2CC3CCCCC3C(C=Cc3ccc(CCc4ccc(C(F)(F)F)cc4)cn3)C21. The summed E-state index contributed by atoms with van der Waals surface area (Å²) in [5, 5.41) is 0. The van der Waals surface area contributed by atoms with E-state index in [0.29, 0.717) is 24.2 Å². The monoisotopic (exact) mass is 483 g/mol. The van der Waals surface area contributed by atoms with Crippen LogP contribution in [0.3, 0.4) is 0 Å². The zero-order valence-electron chi connectivity index (χ0n) is 20.0. The average Bonchev–Trinajstić information content (AvgIpc) is 3.13. The first-order valence-electron chi connectivity index (χ1n) is 12.8. The van der Waals surface area contributed by atoms with Crippen molar-refractivity contribution in [3.05, 3.63) is 71.1 Å². The van der Waals surface area contributed by atoms with Crippen molar-refractivity contribution in [3.8, 4) is 0 Å². The highest BCUT2D eigenvalue weighted by Gasteiger charge is 2.53. The van der Waals surface area contributed by atoms with Gasteiger partial charge in [0.2, 0.25) is 0 Å². The highest BCUT2D eigenvalue weighted by Crippen LogP contribution is 2.53. The molecule has 2 saturated carbocycles. The minimum Gasteiger partial charge on any atom is -0.462 e. The fraction of sp³-hybridized carbons (Fsp3) is 0.517. The molecule has 2 heterocycles. The van der Waals surface area contributed by atoms with Gasteiger partial charge in [-0.3, -0.25) is 9.78 Å². The maximum absolute atomic E-state index is 12.7. The van der Waals surface area contributed by atoms with Crippen molar-refractivity contribution in [1.82, 2.24) is 4.98 Å². The number of rotatable bonds is 5. The van der Waals surface area contributed by atoms with Crippen LogP contribution in [0.5, 0.6) is 0 Å². The Labute approximate surface area is 204 Å². The second-order valence-electron chi connectivity index (χ2n) is 10.5. The molecule has 5 rings (SSSR count). The molecule has 0 spiro atoms. The summed E-state index contributed by atoms with van der Waals surface area (Å²) in [5.74, 6) is 1.82. The van der Waals surface area contributed by atoms with E-state index < -0.39 is 11.7 Å². The van der Waals surface area contributed by atoms with Crippen LogP contribution in [0.1, 0.15) is 61.4 Å². The summed E-state index contributed by atoms with van der Waals surface area (Å²) < 4.78 is 43.9. The number of halogens is 3. The number of esters is 1. The summed E-state index contributed by atoms with van der Waals surface area (Å²) in [4.78, 5) is 17.1. The van der Waals surface area contributed by atoms with Crippen LogP contribution >= 0.6 is 0 Å². The van der Waals surface area contributed by atoms with E-state index in [1.54, 1.807) is 12.1 Å². The molecule has 0 N–H and O–H groups in total. The molecule has 0 amide bonds. The minimum atomic E-state index is -4.30. The number of cyclic esters (lactones) is 1. The van der Waals surface area contributed by atoms with Crippen LogP contribution in [-0.4, -0.2) is 17.1 Å². The summed E-state index contributed by atoms with van der Waals surface area (Å²) in [6, 6.07) is 9.39. The van der Waals surface area contributed by atoms with Gasteiger partial charge in [-0.1, -0.05) is 43.5 Å². The maximum atomic E-state index is 12.7. The topological polar surface area (TPSA) is 39.2 Å². The van der Waals surface area contributed by atoms with Crippen LogP contribution < -0.4 is 0 Å². The van der Waals surface area contributed by atoms with E-state index >= 15 is 0 Å². The lowest BCUT2D eigenvalue weighted by atomic mass is 9.57. The van der Waals surface area contributed by atoms with Crippen molar-refractivity contribution in [2.75, 3.05) is 0 Å². The van der Waals surface area contributed by atoms with Crippen LogP contribution in [0.2, 0.25) is 0 Å². The normalized spacial score (nSPS) is 30.7. The molecule has 2 aromatic rings. The molecule has 2 aliphatic carbocycles. The van der Waals surface area contributed by atoms with Gasteiger partial charge in [0.15, 0.2) is 0 Å². The summed E-state index contributed by atoms with van der Waals surface area (Å²) in [7, 11) is 0. The third kappa shape index (κ3) is 5.17. The molecule has 1 aromatic carbocycles. The van der Waals surface area contributed by atoms with Crippen molar-refractivity contribution in [2.45, 2.75) is 64.1 Å². The Morgan fingerprint density at radius 3 is 2.46 bits per heavy atom. The molecule has 5 unspecified atom stereocenters. The number of alkyl halides is 3. The molecular weight excluding hydrogens is 451 g/mol. The Bertz CT molecular complexity index is 1060. The lowest BCUT2D eigenvalue weighted by Gasteiger charge is -2.45. The number of nitrogens with zero attached hydrogens (tertiary/aromatic N) is 1. The van der Waals surface area contributed by atoms with E-state index in [4.69, 9.17) is 4.74 Å². The van der Waals surface area contributed by atoms with Crippen LogP contribution in [0, 0.1) is 29.6 Å². The molecule has 35 heavy (non-hydrogen) atoms. The largest absolute Gasteiger partial charge is 0.462 e. The van der Waals surface area contributed by atoms with Gasteiger partial charge in [0.05, 0.1) is 17.2 Å². The Kier molecular flexibility index (Phi) is 6.73. The smallest absolute Gasteiger partial charge is 0.416 e. The zero-order chi connectivity index (χ0) is 24.6. The first kappa shape index (κ1) is 24.1. The minimum absolute atomic E-state index is 0.0135. The number of allylic oxidation sites excluding steroid dienone is 1. The number of ether oxygens (including phenoxy) is 1. The fourth-order valence-corrected chi connectivity index (χ4v) is 6.63. The first-order chi connectivity index (χ1) is 16.8. The van der Waals surface area contributed by atoms with Gasteiger partial charge in [-0.25, -0.2) is 0 Å². The molecule has 6 atom stereocenters. The van der Waals surface area contributed by atoms with E-state index in [0.717, 1.165) is 41.8 Å². The number of aromatic nitrogens is 1. The van der Waals surface area contributed by atoms with E-state index in [1.807, 2.05) is 25.3 Å². The predicted octanol–water partition coefficient (Wildman–Crippen LogP) is 6.90. The summed E-state index contributed by atoms with van der Waals surface area (Å²) in [5.41, 5.74) is 2.19. The van der Waals surface area contributed by atoms with E-state index in [9.17, 15) is 18.0 Å². The molecule has 6 heteroatoms. The van der Waals surface area contributed by atoms with Gasteiger partial charge in [-0.2, -0.15) is 13.2 Å². The Morgan fingerprint density at radius 1 is 1.03 bits per heavy atom. The molecule has 3 nitrogen and oxygen atoms in total. The van der Waals surface area contributed by atoms with Gasteiger partial charge in [0.1, 0.15) is 6.10 Å². The number of pyridine rings is 1. The number of aryl methyl sites for hydroxylation is 2. The van der Waals surface area contributed by atoms with Gasteiger partial charge in [0, 0.05) is 12.1 Å². The molecule has 0 radical (unpaired) electrons. The van der Waals surface area contributed by atoms with Crippen LogP contribution in [0.4, 0.5) is 13.2 Å². The third-order valence-electron chi connectivity index (χ3n) is 8.40. The second kappa shape index (κ2) is 9.79. The van der Waals surface area contributed by atoms with Crippen LogP contribution in [-0.2, 0) is 28.5 Å². The van der Waals surface area contributed by atoms with Crippen LogP contribution in [0.25, 0.3) is 6.08 Å². The Morgan fingerprint density at radius 2 is 1.74 bits per heavy atom. The van der Waals surface area contributed by atoms with Crippen molar-refractivity contribution in [2.24, 2.45) is 29.6 Å². The van der Waals surface area contributed by atoms with Gasteiger partial charge in [-0.05, 0) is 85.8 Å². The van der Waals surface area contributed by atoms with Gasteiger partial charge < -0.3 is 4.74 Å². The number of benzene rings is 1. The van der Waals surface area contributed by atoms with Crippen molar-refractivity contribution in [1.29, 1.82) is 0 Å². The molecule has 3 aliphatic rings. The molecule has 3 fully saturated rings. The molecule has 186 valence electrons. The van der Waals surface area contributed by atoms with Gasteiger partial charge in [-0.15, -0.1) is 0 Å². The Balaban J connectivity index is 1.24. The fourth-order valence-electron chi connectivity index (χ4n) is 6.63.